The summed E-state index contributed by atoms with van der Waals surface area (Å²) < 4.78 is 81.5. The third-order valence-electron chi connectivity index (χ3n) is 11.1. The highest BCUT2D eigenvalue weighted by Gasteiger charge is 2.74. The number of hydrogen-bond acceptors (Lipinski definition) is 12. The highest BCUT2D eigenvalue weighted by atomic mass is 79.9. The number of ether oxygens (including phenoxy) is 4. The van der Waals surface area contributed by atoms with E-state index in [1.165, 1.54) is 6.07 Å². The van der Waals surface area contributed by atoms with Crippen LogP contribution in [0.5, 0.6) is 11.5 Å². The van der Waals surface area contributed by atoms with Gasteiger partial charge in [-0.05, 0) is 129 Å². The minimum Gasteiger partial charge on any atom is -0.459 e. The van der Waals surface area contributed by atoms with Gasteiger partial charge in [0.1, 0.15) is 30.7 Å². The maximum absolute atomic E-state index is 13.6. The molecule has 0 amide bonds. The predicted octanol–water partition coefficient (Wildman–Crippen LogP) is 9.10. The fourth-order valence-electron chi connectivity index (χ4n) is 7.66. The Balaban J connectivity index is 0.000000193. The van der Waals surface area contributed by atoms with Crippen LogP contribution in [0.15, 0.2) is 115 Å². The number of nitrogens with one attached hydrogen (secondary N) is 2. The molecule has 2 aromatic heterocycles. The molecule has 330 valence electrons. The van der Waals surface area contributed by atoms with Crippen molar-refractivity contribution in [3.63, 3.8) is 0 Å². The molecule has 12 nitrogen and oxygen atoms in total. The van der Waals surface area contributed by atoms with Gasteiger partial charge in [-0.15, -0.1) is 22.7 Å². The van der Waals surface area contributed by atoms with Gasteiger partial charge in [-0.2, -0.15) is 9.44 Å². The molecule has 0 bridgehead atoms. The zero-order valence-electron chi connectivity index (χ0n) is 35.5. The van der Waals surface area contributed by atoms with E-state index in [2.05, 4.69) is 25.4 Å². The summed E-state index contributed by atoms with van der Waals surface area (Å²) >= 11 is 5.51. The molecule has 4 atom stereocenters. The van der Waals surface area contributed by atoms with E-state index >= 15 is 0 Å². The first-order chi connectivity index (χ1) is 28.8. The summed E-state index contributed by atoms with van der Waals surface area (Å²) in [5.74, 6) is 0.153. The van der Waals surface area contributed by atoms with Crippen molar-refractivity contribution in [1.82, 2.24) is 9.44 Å². The van der Waals surface area contributed by atoms with E-state index in [9.17, 15) is 26.4 Å². The summed E-state index contributed by atoms with van der Waals surface area (Å²) in [7, 11) is -7.90. The molecule has 2 N–H and O–H groups in total. The van der Waals surface area contributed by atoms with Crippen molar-refractivity contribution in [1.29, 1.82) is 0 Å². The Morgan fingerprint density at radius 3 is 1.53 bits per heavy atom. The van der Waals surface area contributed by atoms with Gasteiger partial charge < -0.3 is 18.9 Å². The molecule has 17 heteroatoms. The second-order valence-electron chi connectivity index (χ2n) is 18.0. The van der Waals surface area contributed by atoms with Crippen molar-refractivity contribution in [3.8, 4) is 21.9 Å². The van der Waals surface area contributed by atoms with Crippen molar-refractivity contribution in [3.05, 3.63) is 118 Å². The number of hydrogen-bond donors (Lipinski definition) is 2. The van der Waals surface area contributed by atoms with Gasteiger partial charge in [0, 0.05) is 15.7 Å². The molecule has 1 aliphatic heterocycles. The standard InChI is InChI=1S/C26H27NO6S2.C19H22BrNO4S2/c1-24(2,3)33-23(28)26(15-25(26,4)18-8-6-5-7-9-18)27-35(29,30)22-13-12-21(34-22)17-10-11-19-20(14-17)32-16-31-19;1-17(2,3)25-16(22)19(12-18(19,4)13-8-6-5-7-9-13)21-27(23,24)15-11-10-14(20)26-15/h5-14,27H,15-16H2,1-4H3;5-11,21H,12H2,1-4H3/t25-,26-;18-,19-/m11/s1. The van der Waals surface area contributed by atoms with Crippen LogP contribution in [0.2, 0.25) is 0 Å². The Kier molecular flexibility index (Phi) is 12.0. The van der Waals surface area contributed by atoms with Gasteiger partial charge >= 0.3 is 11.9 Å². The van der Waals surface area contributed by atoms with E-state index < -0.39 is 65.1 Å². The van der Waals surface area contributed by atoms with E-state index in [0.29, 0.717) is 28.1 Å². The van der Waals surface area contributed by atoms with Crippen molar-refractivity contribution >= 4 is 70.6 Å². The lowest BCUT2D eigenvalue weighted by Crippen LogP contribution is -2.50. The quantitative estimate of drug-likeness (QED) is 0.122. The van der Waals surface area contributed by atoms with Gasteiger partial charge in [0.2, 0.25) is 6.79 Å². The van der Waals surface area contributed by atoms with Gasteiger partial charge in [0.15, 0.2) is 11.5 Å². The van der Waals surface area contributed by atoms with Crippen LogP contribution >= 0.6 is 38.6 Å². The van der Waals surface area contributed by atoms with Crippen LogP contribution in [0.25, 0.3) is 10.4 Å². The molecule has 0 saturated heterocycles. The lowest BCUT2D eigenvalue weighted by molar-refractivity contribution is -0.160. The largest absolute Gasteiger partial charge is 0.459 e. The fraction of sp³-hybridized carbons (Fsp3) is 0.378. The lowest BCUT2D eigenvalue weighted by Gasteiger charge is -2.27. The zero-order valence-corrected chi connectivity index (χ0v) is 40.4. The van der Waals surface area contributed by atoms with Crippen LogP contribution in [0.1, 0.15) is 79.4 Å². The van der Waals surface area contributed by atoms with Crippen molar-refractivity contribution in [2.45, 2.75) is 110 Å². The summed E-state index contributed by atoms with van der Waals surface area (Å²) in [5, 5.41) is 0. The molecular weight excluding hydrogens is 937 g/mol. The molecule has 2 saturated carbocycles. The van der Waals surface area contributed by atoms with E-state index in [1.54, 1.807) is 65.8 Å². The van der Waals surface area contributed by atoms with E-state index in [-0.39, 0.29) is 15.2 Å². The number of carbonyl (C=O) groups is 2. The molecule has 0 radical (unpaired) electrons. The summed E-state index contributed by atoms with van der Waals surface area (Å²) in [6.45, 7) is 14.6. The Labute approximate surface area is 379 Å². The molecule has 3 aromatic carbocycles. The zero-order chi connectivity index (χ0) is 45.1. The molecule has 62 heavy (non-hydrogen) atoms. The maximum atomic E-state index is 13.6. The van der Waals surface area contributed by atoms with Gasteiger partial charge in [-0.1, -0.05) is 74.5 Å². The van der Waals surface area contributed by atoms with Gasteiger partial charge in [-0.25, -0.2) is 26.4 Å². The van der Waals surface area contributed by atoms with Crippen LogP contribution in [0, 0.1) is 0 Å². The average molecular weight is 986 g/mol. The minimum absolute atomic E-state index is 0.121. The molecule has 3 heterocycles. The SMILES string of the molecule is CC(C)(C)OC(=O)[C@]1(NS(=O)(=O)c2ccc(-c3ccc4c(c3)OCO4)s2)C[C@]1(C)c1ccccc1.CC(C)(C)OC(=O)[C@]1(NS(=O)(=O)c2ccc(Br)s2)C[C@]1(C)c1ccccc1. The summed E-state index contributed by atoms with van der Waals surface area (Å²) in [4.78, 5) is 27.3. The summed E-state index contributed by atoms with van der Waals surface area (Å²) in [5.41, 5.74) is -3.04. The van der Waals surface area contributed by atoms with E-state index in [1.807, 2.05) is 86.6 Å². The Morgan fingerprint density at radius 1 is 0.629 bits per heavy atom. The average Bonchev–Trinajstić information content (AvgIpc) is 3.61. The smallest absolute Gasteiger partial charge is 0.328 e. The molecule has 3 aliphatic rings. The fourth-order valence-corrected chi connectivity index (χ4v) is 13.9. The molecule has 0 spiro atoms. The lowest BCUT2D eigenvalue weighted by atomic mass is 9.93. The normalized spacial score (nSPS) is 24.1. The third-order valence-corrected chi connectivity index (χ3v) is 17.9. The second kappa shape index (κ2) is 16.2. The Bertz CT molecular complexity index is 2730. The molecule has 8 rings (SSSR count). The molecular formula is C45H49BrN2O10S4. The number of carbonyl (C=O) groups excluding carboxylic acids is 2. The van der Waals surface area contributed by atoms with Crippen molar-refractivity contribution in [2.75, 3.05) is 6.79 Å². The monoisotopic (exact) mass is 984 g/mol. The molecule has 5 aromatic rings. The number of sulfonamides is 2. The number of thiophene rings is 2. The number of fused-ring (bicyclic) bond motifs is 1. The second-order valence-corrected chi connectivity index (χ2v) is 25.4. The Hall–Kier alpha value is -4.10. The highest BCUT2D eigenvalue weighted by Crippen LogP contribution is 2.60. The maximum Gasteiger partial charge on any atom is 0.328 e. The molecule has 2 aliphatic carbocycles. The van der Waals surface area contributed by atoms with Gasteiger partial charge in [-0.3, -0.25) is 0 Å². The molecule has 2 fully saturated rings. The predicted molar refractivity (Wildman–Crippen MR) is 243 cm³/mol. The number of rotatable bonds is 11. The first kappa shape index (κ1) is 45.9. The molecule has 0 unspecified atom stereocenters. The van der Waals surface area contributed by atoms with Crippen LogP contribution in [-0.4, -0.2) is 57.8 Å². The number of halogens is 1. The topological polar surface area (TPSA) is 163 Å². The van der Waals surface area contributed by atoms with Crippen LogP contribution in [0.4, 0.5) is 0 Å². The van der Waals surface area contributed by atoms with E-state index in [0.717, 1.165) is 44.2 Å². The first-order valence-electron chi connectivity index (χ1n) is 19.7. The number of benzene rings is 3. The van der Waals surface area contributed by atoms with Crippen LogP contribution in [0.3, 0.4) is 0 Å². The van der Waals surface area contributed by atoms with Crippen molar-refractivity contribution in [2.24, 2.45) is 0 Å². The highest BCUT2D eigenvalue weighted by molar-refractivity contribution is 9.11. The summed E-state index contributed by atoms with van der Waals surface area (Å²) in [6.07, 6.45) is 0.642. The van der Waals surface area contributed by atoms with E-state index in [4.69, 9.17) is 18.9 Å². The van der Waals surface area contributed by atoms with Gasteiger partial charge in [0.25, 0.3) is 20.0 Å². The number of esters is 2. The van der Waals surface area contributed by atoms with Crippen LogP contribution in [-0.2, 0) is 49.9 Å². The minimum atomic E-state index is -4.02. The Morgan fingerprint density at radius 2 is 1.08 bits per heavy atom. The van der Waals surface area contributed by atoms with Crippen LogP contribution < -0.4 is 18.9 Å². The van der Waals surface area contributed by atoms with Gasteiger partial charge in [0.05, 0.1) is 3.79 Å². The summed E-state index contributed by atoms with van der Waals surface area (Å²) in [6, 6.07) is 30.9. The van der Waals surface area contributed by atoms with Crippen molar-refractivity contribution < 1.29 is 45.4 Å². The first-order valence-corrected chi connectivity index (χ1v) is 25.1. The third kappa shape index (κ3) is 8.99.